The predicted molar refractivity (Wildman–Crippen MR) is 49.2 cm³/mol. The Morgan fingerprint density at radius 1 is 1.47 bits per heavy atom. The Balaban J connectivity index is 2.53. The lowest BCUT2D eigenvalue weighted by molar-refractivity contribution is -0.144. The summed E-state index contributed by atoms with van der Waals surface area (Å²) in [5.41, 5.74) is 3.79. The smallest absolute Gasteiger partial charge is 0.388 e. The highest BCUT2D eigenvalue weighted by Crippen LogP contribution is 2.40. The molecular formula is C7H7F3N4S. The lowest BCUT2D eigenvalue weighted by atomic mass is 10.3. The average molecular weight is 236 g/mol. The van der Waals surface area contributed by atoms with Crippen molar-refractivity contribution in [3.8, 4) is 0 Å². The molecule has 1 aromatic heterocycles. The van der Waals surface area contributed by atoms with Crippen molar-refractivity contribution in [2.24, 2.45) is 5.73 Å². The fourth-order valence-electron chi connectivity index (χ4n) is 1.30. The minimum Gasteiger partial charge on any atom is -0.388 e. The molecule has 1 heterocycles. The predicted octanol–water partition coefficient (Wildman–Crippen LogP) is 1.27. The highest BCUT2D eigenvalue weighted by atomic mass is 32.1. The largest absolute Gasteiger partial charge is 0.435 e. The molecule has 0 amide bonds. The van der Waals surface area contributed by atoms with Crippen LogP contribution >= 0.6 is 12.2 Å². The van der Waals surface area contributed by atoms with Gasteiger partial charge in [0.15, 0.2) is 11.4 Å². The van der Waals surface area contributed by atoms with E-state index in [1.807, 2.05) is 0 Å². The highest BCUT2D eigenvalue weighted by Gasteiger charge is 2.43. The third kappa shape index (κ3) is 1.81. The Morgan fingerprint density at radius 3 is 2.47 bits per heavy atom. The van der Waals surface area contributed by atoms with Crippen molar-refractivity contribution in [1.82, 2.24) is 15.0 Å². The second-order valence-corrected chi connectivity index (χ2v) is 3.76. The molecule has 1 aromatic rings. The summed E-state index contributed by atoms with van der Waals surface area (Å²) in [6.45, 7) is 0. The summed E-state index contributed by atoms with van der Waals surface area (Å²) in [5.74, 6) is 0. The molecule has 15 heavy (non-hydrogen) atoms. The summed E-state index contributed by atoms with van der Waals surface area (Å²) >= 11 is 4.50. The molecule has 0 aromatic carbocycles. The van der Waals surface area contributed by atoms with Crippen LogP contribution in [0.1, 0.15) is 30.3 Å². The molecule has 0 saturated heterocycles. The van der Waals surface area contributed by atoms with Gasteiger partial charge in [0.2, 0.25) is 0 Å². The number of hydrogen-bond donors (Lipinski definition) is 1. The van der Waals surface area contributed by atoms with E-state index in [1.54, 1.807) is 0 Å². The summed E-state index contributed by atoms with van der Waals surface area (Å²) in [5, 5.41) is 6.82. The van der Waals surface area contributed by atoms with Crippen LogP contribution in [0.15, 0.2) is 0 Å². The Labute approximate surface area is 88.2 Å². The Bertz CT molecular complexity index is 407. The zero-order valence-corrected chi connectivity index (χ0v) is 8.27. The van der Waals surface area contributed by atoms with Gasteiger partial charge in [0, 0.05) is 0 Å². The maximum absolute atomic E-state index is 12.7. The van der Waals surface area contributed by atoms with E-state index in [0.29, 0.717) is 12.8 Å². The number of alkyl halides is 3. The number of rotatable bonds is 2. The second kappa shape index (κ2) is 3.16. The van der Waals surface area contributed by atoms with Gasteiger partial charge >= 0.3 is 6.18 Å². The fraction of sp³-hybridized carbons (Fsp3) is 0.571. The maximum Gasteiger partial charge on any atom is 0.435 e. The molecule has 0 bridgehead atoms. The lowest BCUT2D eigenvalue weighted by Crippen LogP contribution is -2.20. The van der Waals surface area contributed by atoms with E-state index in [-0.39, 0.29) is 11.0 Å². The molecule has 2 rings (SSSR count). The van der Waals surface area contributed by atoms with Gasteiger partial charge in [-0.15, -0.1) is 5.10 Å². The Kier molecular flexibility index (Phi) is 2.18. The van der Waals surface area contributed by atoms with E-state index in [2.05, 4.69) is 22.5 Å². The highest BCUT2D eigenvalue weighted by molar-refractivity contribution is 7.80. The molecule has 0 unspecified atom stereocenters. The number of halogens is 3. The van der Waals surface area contributed by atoms with Crippen molar-refractivity contribution < 1.29 is 13.2 Å². The van der Waals surface area contributed by atoms with E-state index >= 15 is 0 Å². The van der Waals surface area contributed by atoms with Crippen LogP contribution in [-0.2, 0) is 6.18 Å². The number of aromatic nitrogens is 3. The van der Waals surface area contributed by atoms with Crippen molar-refractivity contribution in [1.29, 1.82) is 0 Å². The zero-order valence-electron chi connectivity index (χ0n) is 7.45. The van der Waals surface area contributed by atoms with E-state index in [9.17, 15) is 13.2 Å². The van der Waals surface area contributed by atoms with Gasteiger partial charge in [0.25, 0.3) is 0 Å². The molecule has 1 saturated carbocycles. The first kappa shape index (κ1) is 10.3. The van der Waals surface area contributed by atoms with Crippen molar-refractivity contribution in [3.05, 3.63) is 11.4 Å². The van der Waals surface area contributed by atoms with Crippen LogP contribution in [-0.4, -0.2) is 20.0 Å². The minimum absolute atomic E-state index is 0.211. The van der Waals surface area contributed by atoms with E-state index in [4.69, 9.17) is 5.73 Å². The van der Waals surface area contributed by atoms with Gasteiger partial charge in [-0.25, -0.2) is 4.68 Å². The summed E-state index contributed by atoms with van der Waals surface area (Å²) in [6, 6.07) is -0.211. The fourth-order valence-corrected chi connectivity index (χ4v) is 1.44. The van der Waals surface area contributed by atoms with Gasteiger partial charge in [0.1, 0.15) is 4.99 Å². The summed E-state index contributed by atoms with van der Waals surface area (Å²) in [4.78, 5) is -0.380. The monoisotopic (exact) mass is 236 g/mol. The first-order valence-electron chi connectivity index (χ1n) is 4.23. The van der Waals surface area contributed by atoms with Crippen LogP contribution in [0.25, 0.3) is 0 Å². The average Bonchev–Trinajstić information content (AvgIpc) is 2.81. The third-order valence-corrected chi connectivity index (χ3v) is 2.28. The van der Waals surface area contributed by atoms with Gasteiger partial charge < -0.3 is 5.73 Å². The topological polar surface area (TPSA) is 56.7 Å². The Morgan fingerprint density at radius 2 is 2.07 bits per heavy atom. The molecule has 82 valence electrons. The summed E-state index contributed by atoms with van der Waals surface area (Å²) in [7, 11) is 0. The van der Waals surface area contributed by atoms with Gasteiger partial charge in [-0.05, 0) is 12.8 Å². The molecule has 1 fully saturated rings. The molecule has 2 N–H and O–H groups in total. The quantitative estimate of drug-likeness (QED) is 0.785. The van der Waals surface area contributed by atoms with Crippen molar-refractivity contribution in [3.63, 3.8) is 0 Å². The molecule has 0 radical (unpaired) electrons. The van der Waals surface area contributed by atoms with Gasteiger partial charge in [-0.2, -0.15) is 13.2 Å². The molecule has 1 aliphatic carbocycles. The van der Waals surface area contributed by atoms with Crippen LogP contribution in [0.5, 0.6) is 0 Å². The van der Waals surface area contributed by atoms with Gasteiger partial charge in [0.05, 0.1) is 6.04 Å². The van der Waals surface area contributed by atoms with Crippen LogP contribution in [0, 0.1) is 0 Å². The zero-order chi connectivity index (χ0) is 11.2. The van der Waals surface area contributed by atoms with Crippen molar-refractivity contribution in [2.75, 3.05) is 0 Å². The third-order valence-electron chi connectivity index (χ3n) is 2.09. The first-order valence-corrected chi connectivity index (χ1v) is 4.64. The molecule has 0 aliphatic heterocycles. The van der Waals surface area contributed by atoms with Crippen LogP contribution in [0.3, 0.4) is 0 Å². The molecule has 1 aliphatic rings. The first-order chi connectivity index (χ1) is 6.91. The van der Waals surface area contributed by atoms with Gasteiger partial charge in [-0.3, -0.25) is 0 Å². The second-order valence-electron chi connectivity index (χ2n) is 3.32. The molecule has 4 nitrogen and oxygen atoms in total. The van der Waals surface area contributed by atoms with Crippen LogP contribution in [0.2, 0.25) is 0 Å². The van der Waals surface area contributed by atoms with E-state index in [0.717, 1.165) is 4.68 Å². The lowest BCUT2D eigenvalue weighted by Gasteiger charge is -2.09. The number of nitrogens with two attached hydrogens (primary N) is 1. The van der Waals surface area contributed by atoms with Crippen molar-refractivity contribution >= 4 is 17.2 Å². The van der Waals surface area contributed by atoms with Crippen LogP contribution in [0.4, 0.5) is 13.2 Å². The summed E-state index contributed by atoms with van der Waals surface area (Å²) < 4.78 is 38.9. The van der Waals surface area contributed by atoms with Crippen LogP contribution < -0.4 is 5.73 Å². The van der Waals surface area contributed by atoms with Gasteiger partial charge in [-0.1, -0.05) is 17.4 Å². The summed E-state index contributed by atoms with van der Waals surface area (Å²) in [6.07, 6.45) is -3.16. The minimum atomic E-state index is -4.52. The molecule has 0 atom stereocenters. The maximum atomic E-state index is 12.7. The molecule has 8 heteroatoms. The Hall–Kier alpha value is -1.18. The number of nitrogens with zero attached hydrogens (tertiary/aromatic N) is 3. The standard InChI is InChI=1S/C7H7F3N4S/c8-7(9,10)5-4(6(11)15)12-13-14(5)3-1-2-3/h3H,1-2H2,(H2,11,15). The normalized spacial score (nSPS) is 16.7. The SMILES string of the molecule is NC(=S)c1nnn(C2CC2)c1C(F)(F)F. The molecular weight excluding hydrogens is 229 g/mol. The number of hydrogen-bond acceptors (Lipinski definition) is 3. The van der Waals surface area contributed by atoms with E-state index in [1.165, 1.54) is 0 Å². The van der Waals surface area contributed by atoms with Crippen molar-refractivity contribution in [2.45, 2.75) is 25.1 Å². The number of thiocarbonyl (C=S) groups is 1. The van der Waals surface area contributed by atoms with E-state index < -0.39 is 17.6 Å². The molecule has 0 spiro atoms.